The molecule has 1 amide bonds. The van der Waals surface area contributed by atoms with Gasteiger partial charge in [0.25, 0.3) is 5.91 Å². The summed E-state index contributed by atoms with van der Waals surface area (Å²) >= 11 is 2.21. The number of nitrogens with zero attached hydrogens (tertiary/aromatic N) is 1. The van der Waals surface area contributed by atoms with Gasteiger partial charge in [0.1, 0.15) is 0 Å². The number of aryl methyl sites for hydroxylation is 3. The largest absolute Gasteiger partial charge is 0.321 e. The first-order valence-corrected chi connectivity index (χ1v) is 14.3. The van der Waals surface area contributed by atoms with Crippen molar-refractivity contribution >= 4 is 60.7 Å². The van der Waals surface area contributed by atoms with Crippen molar-refractivity contribution in [3.63, 3.8) is 0 Å². The molecule has 0 aromatic heterocycles. The molecule has 0 saturated carbocycles. The number of benzene rings is 4. The zero-order valence-corrected chi connectivity index (χ0v) is 22.5. The van der Waals surface area contributed by atoms with Crippen LogP contribution in [0.25, 0.3) is 10.8 Å². The van der Waals surface area contributed by atoms with E-state index in [1.807, 2.05) is 49.4 Å². The predicted octanol–water partition coefficient (Wildman–Crippen LogP) is 6.07. The van der Waals surface area contributed by atoms with E-state index in [-0.39, 0.29) is 12.5 Å². The minimum Gasteiger partial charge on any atom is -0.321 e. The van der Waals surface area contributed by atoms with Gasteiger partial charge in [-0.15, -0.1) is 0 Å². The zero-order chi connectivity index (χ0) is 24.7. The molecule has 0 saturated heterocycles. The summed E-state index contributed by atoms with van der Waals surface area (Å²) in [6.07, 6.45) is 3.29. The maximum atomic E-state index is 13.0. The van der Waals surface area contributed by atoms with Crippen LogP contribution in [0, 0.1) is 10.5 Å². The number of carbonyl (C=O) groups excluding carboxylic acids is 1. The van der Waals surface area contributed by atoms with Crippen molar-refractivity contribution in [2.45, 2.75) is 26.3 Å². The Morgan fingerprint density at radius 3 is 2.37 bits per heavy atom. The number of rotatable bonds is 6. The van der Waals surface area contributed by atoms with Crippen LogP contribution in [0.3, 0.4) is 0 Å². The van der Waals surface area contributed by atoms with Gasteiger partial charge < -0.3 is 5.32 Å². The van der Waals surface area contributed by atoms with Crippen LogP contribution in [0.2, 0.25) is 0 Å². The van der Waals surface area contributed by atoms with Crippen LogP contribution in [0.1, 0.15) is 32.6 Å². The Kier molecular flexibility index (Phi) is 6.31. The molecule has 4 aromatic carbocycles. The van der Waals surface area contributed by atoms with Crippen LogP contribution < -0.4 is 9.62 Å². The second kappa shape index (κ2) is 9.28. The summed E-state index contributed by atoms with van der Waals surface area (Å²) in [5, 5.41) is 5.39. The molecule has 0 aliphatic heterocycles. The quantitative estimate of drug-likeness (QED) is 0.275. The Bertz CT molecular complexity index is 1550. The van der Waals surface area contributed by atoms with E-state index in [9.17, 15) is 13.2 Å². The molecule has 0 fully saturated rings. The van der Waals surface area contributed by atoms with Gasteiger partial charge >= 0.3 is 0 Å². The van der Waals surface area contributed by atoms with E-state index in [2.05, 4.69) is 46.1 Å². The highest BCUT2D eigenvalue weighted by Gasteiger charge is 2.21. The minimum absolute atomic E-state index is 0.191. The standard InChI is InChI=1S/C28H25IN2O3S/c1-18-16-23(29)13-15-26(18)31(35(2,33)34)17-19-6-8-22(9-7-19)28(32)30-25-14-12-21-11-10-20-4-3-5-24(25)27(20)21/h3-9,12-16H,10-11,17H2,1-2H3,(H,30,32). The number of nitrogens with one attached hydrogen (secondary N) is 1. The Labute approximate surface area is 219 Å². The van der Waals surface area contributed by atoms with Crippen LogP contribution in [0.4, 0.5) is 11.4 Å². The van der Waals surface area contributed by atoms with Crippen molar-refractivity contribution in [3.8, 4) is 0 Å². The summed E-state index contributed by atoms with van der Waals surface area (Å²) < 4.78 is 27.6. The maximum Gasteiger partial charge on any atom is 0.255 e. The van der Waals surface area contributed by atoms with Gasteiger partial charge in [0.15, 0.2) is 0 Å². The van der Waals surface area contributed by atoms with Gasteiger partial charge in [-0.2, -0.15) is 0 Å². The molecular formula is C28H25IN2O3S. The number of halogens is 1. The Morgan fingerprint density at radius 1 is 0.971 bits per heavy atom. The average Bonchev–Trinajstić information content (AvgIpc) is 3.24. The second-order valence-electron chi connectivity index (χ2n) is 8.96. The van der Waals surface area contributed by atoms with Crippen molar-refractivity contribution in [2.75, 3.05) is 15.9 Å². The summed E-state index contributed by atoms with van der Waals surface area (Å²) in [6, 6.07) is 23.1. The van der Waals surface area contributed by atoms with Gasteiger partial charge in [-0.3, -0.25) is 9.10 Å². The summed E-state index contributed by atoms with van der Waals surface area (Å²) in [5.41, 5.74) is 6.33. The molecule has 1 aliphatic rings. The van der Waals surface area contributed by atoms with E-state index in [0.29, 0.717) is 11.3 Å². The molecule has 35 heavy (non-hydrogen) atoms. The summed E-state index contributed by atoms with van der Waals surface area (Å²) in [7, 11) is -3.49. The molecule has 1 aliphatic carbocycles. The van der Waals surface area contributed by atoms with Crippen LogP contribution in [-0.4, -0.2) is 20.6 Å². The van der Waals surface area contributed by atoms with Crippen LogP contribution in [-0.2, 0) is 29.4 Å². The molecule has 0 atom stereocenters. The second-order valence-corrected chi connectivity index (χ2v) is 12.1. The molecular weight excluding hydrogens is 571 g/mol. The highest BCUT2D eigenvalue weighted by atomic mass is 127. The molecule has 0 radical (unpaired) electrons. The summed E-state index contributed by atoms with van der Waals surface area (Å²) in [5.74, 6) is -0.191. The molecule has 7 heteroatoms. The highest BCUT2D eigenvalue weighted by Crippen LogP contribution is 2.35. The number of anilines is 2. The van der Waals surface area contributed by atoms with Crippen LogP contribution in [0.15, 0.2) is 72.8 Å². The lowest BCUT2D eigenvalue weighted by atomic mass is 10.0. The number of sulfonamides is 1. The molecule has 178 valence electrons. The van der Waals surface area contributed by atoms with Crippen LogP contribution >= 0.6 is 22.6 Å². The topological polar surface area (TPSA) is 66.5 Å². The van der Waals surface area contributed by atoms with Gasteiger partial charge in [0.05, 0.1) is 18.5 Å². The molecule has 0 bridgehead atoms. The fraction of sp³-hybridized carbons (Fsp3) is 0.179. The van der Waals surface area contributed by atoms with Gasteiger partial charge in [-0.05, 0) is 106 Å². The first kappa shape index (κ1) is 23.8. The monoisotopic (exact) mass is 596 g/mol. The molecule has 4 aromatic rings. The average molecular weight is 596 g/mol. The SMILES string of the molecule is Cc1cc(I)ccc1N(Cc1ccc(C(=O)Nc2ccc3c4c(cccc24)CC3)cc1)S(C)(=O)=O. The predicted molar refractivity (Wildman–Crippen MR) is 151 cm³/mol. The summed E-state index contributed by atoms with van der Waals surface area (Å²) in [6.45, 7) is 2.10. The fourth-order valence-corrected chi connectivity index (χ4v) is 6.35. The van der Waals surface area contributed by atoms with Gasteiger partial charge in [0, 0.05) is 20.2 Å². The van der Waals surface area contributed by atoms with Crippen molar-refractivity contribution in [1.82, 2.24) is 0 Å². The minimum atomic E-state index is -3.49. The smallest absolute Gasteiger partial charge is 0.255 e. The first-order valence-electron chi connectivity index (χ1n) is 11.4. The van der Waals surface area contributed by atoms with E-state index in [4.69, 9.17) is 0 Å². The van der Waals surface area contributed by atoms with Gasteiger partial charge in [0.2, 0.25) is 10.0 Å². The van der Waals surface area contributed by atoms with E-state index in [0.717, 1.165) is 38.6 Å². The maximum absolute atomic E-state index is 13.0. The lowest BCUT2D eigenvalue weighted by Crippen LogP contribution is -2.30. The Morgan fingerprint density at radius 2 is 1.69 bits per heavy atom. The Hall–Kier alpha value is -2.91. The van der Waals surface area contributed by atoms with Gasteiger partial charge in [-0.1, -0.05) is 36.4 Å². The number of carbonyl (C=O) groups is 1. The highest BCUT2D eigenvalue weighted by molar-refractivity contribution is 14.1. The molecule has 5 nitrogen and oxygen atoms in total. The van der Waals surface area contributed by atoms with Crippen LogP contribution in [0.5, 0.6) is 0 Å². The number of hydrogen-bond acceptors (Lipinski definition) is 3. The van der Waals surface area contributed by atoms with Crippen molar-refractivity contribution in [2.24, 2.45) is 0 Å². The van der Waals surface area contributed by atoms with E-state index >= 15 is 0 Å². The Balaban J connectivity index is 1.37. The fourth-order valence-electron chi connectivity index (χ4n) is 4.76. The summed E-state index contributed by atoms with van der Waals surface area (Å²) in [4.78, 5) is 13.0. The molecule has 1 N–H and O–H groups in total. The third kappa shape index (κ3) is 4.79. The van der Waals surface area contributed by atoms with E-state index < -0.39 is 10.0 Å². The first-order chi connectivity index (χ1) is 16.7. The molecule has 5 rings (SSSR count). The molecule has 0 unspecified atom stereocenters. The van der Waals surface area contributed by atoms with Crippen molar-refractivity contribution < 1.29 is 13.2 Å². The number of amides is 1. The van der Waals surface area contributed by atoms with E-state index in [1.54, 1.807) is 12.1 Å². The van der Waals surface area contributed by atoms with E-state index in [1.165, 1.54) is 27.1 Å². The zero-order valence-electron chi connectivity index (χ0n) is 19.5. The molecule has 0 spiro atoms. The third-order valence-electron chi connectivity index (χ3n) is 6.50. The third-order valence-corrected chi connectivity index (χ3v) is 8.29. The number of hydrogen-bond donors (Lipinski definition) is 1. The lowest BCUT2D eigenvalue weighted by molar-refractivity contribution is 0.102. The van der Waals surface area contributed by atoms with Gasteiger partial charge in [-0.25, -0.2) is 8.42 Å². The lowest BCUT2D eigenvalue weighted by Gasteiger charge is -2.24. The molecule has 0 heterocycles. The van der Waals surface area contributed by atoms with Crippen molar-refractivity contribution in [1.29, 1.82) is 0 Å². The normalized spacial score (nSPS) is 12.7. The van der Waals surface area contributed by atoms with Crippen molar-refractivity contribution in [3.05, 3.63) is 104 Å².